The van der Waals surface area contributed by atoms with Gasteiger partial charge in [0.25, 0.3) is 0 Å². The summed E-state index contributed by atoms with van der Waals surface area (Å²) in [4.78, 5) is 12.7. The van der Waals surface area contributed by atoms with Gasteiger partial charge in [-0.15, -0.1) is 0 Å². The Morgan fingerprint density at radius 3 is 2.43 bits per heavy atom. The number of ether oxygens (including phenoxy) is 1. The van der Waals surface area contributed by atoms with Crippen molar-refractivity contribution in [1.29, 1.82) is 0 Å². The molecule has 0 aromatic heterocycles. The third kappa shape index (κ3) is 2.85. The van der Waals surface area contributed by atoms with Crippen molar-refractivity contribution in [3.05, 3.63) is 65.2 Å². The molecule has 2 aromatic rings. The van der Waals surface area contributed by atoms with E-state index in [-0.39, 0.29) is 5.78 Å². The van der Waals surface area contributed by atoms with Gasteiger partial charge in [0, 0.05) is 11.1 Å². The van der Waals surface area contributed by atoms with Crippen molar-refractivity contribution in [2.24, 2.45) is 0 Å². The third-order valence-electron chi connectivity index (χ3n) is 4.18. The monoisotopic (exact) mass is 280 g/mol. The SMILES string of the molecule is CCOc1ccc(C(=O)c2ccccc2C2CCC2)cc1. The molecule has 1 fully saturated rings. The maximum absolute atomic E-state index is 12.7. The summed E-state index contributed by atoms with van der Waals surface area (Å²) in [5, 5.41) is 0. The quantitative estimate of drug-likeness (QED) is 0.749. The van der Waals surface area contributed by atoms with Crippen LogP contribution in [0.25, 0.3) is 0 Å². The highest BCUT2D eigenvalue weighted by molar-refractivity contribution is 6.10. The fourth-order valence-electron chi connectivity index (χ4n) is 2.80. The number of carbonyl (C=O) groups is 1. The molecular weight excluding hydrogens is 260 g/mol. The molecule has 108 valence electrons. The predicted molar refractivity (Wildman–Crippen MR) is 84.1 cm³/mol. The van der Waals surface area contributed by atoms with Gasteiger partial charge in [0.15, 0.2) is 5.78 Å². The molecule has 1 saturated carbocycles. The summed E-state index contributed by atoms with van der Waals surface area (Å²) < 4.78 is 5.42. The second-order valence-electron chi connectivity index (χ2n) is 5.50. The molecule has 2 nitrogen and oxygen atoms in total. The Hall–Kier alpha value is -2.09. The van der Waals surface area contributed by atoms with E-state index in [1.165, 1.54) is 24.8 Å². The van der Waals surface area contributed by atoms with E-state index in [1.54, 1.807) is 0 Å². The summed E-state index contributed by atoms with van der Waals surface area (Å²) in [6.45, 7) is 2.59. The average molecular weight is 280 g/mol. The fraction of sp³-hybridized carbons (Fsp3) is 0.316. The Kier molecular flexibility index (Phi) is 4.05. The van der Waals surface area contributed by atoms with Crippen LogP contribution in [0, 0.1) is 0 Å². The van der Waals surface area contributed by atoms with Gasteiger partial charge < -0.3 is 4.74 Å². The Morgan fingerprint density at radius 1 is 1.10 bits per heavy atom. The molecule has 0 heterocycles. The van der Waals surface area contributed by atoms with Crippen molar-refractivity contribution in [3.8, 4) is 5.75 Å². The van der Waals surface area contributed by atoms with E-state index in [9.17, 15) is 4.79 Å². The van der Waals surface area contributed by atoms with Crippen LogP contribution in [0.1, 0.15) is 53.6 Å². The standard InChI is InChI=1S/C19H20O2/c1-2-21-16-12-10-15(11-13-16)19(20)18-9-4-3-8-17(18)14-6-5-7-14/h3-4,8-14H,2,5-7H2,1H3. The number of benzene rings is 2. The summed E-state index contributed by atoms with van der Waals surface area (Å²) >= 11 is 0. The maximum atomic E-state index is 12.7. The molecule has 0 atom stereocenters. The number of ketones is 1. The van der Waals surface area contributed by atoms with Crippen molar-refractivity contribution < 1.29 is 9.53 Å². The predicted octanol–water partition coefficient (Wildman–Crippen LogP) is 4.58. The highest BCUT2D eigenvalue weighted by Gasteiger charge is 2.24. The first-order valence-corrected chi connectivity index (χ1v) is 7.66. The van der Waals surface area contributed by atoms with E-state index in [2.05, 4.69) is 6.07 Å². The number of carbonyl (C=O) groups excluding carboxylic acids is 1. The Morgan fingerprint density at radius 2 is 1.81 bits per heavy atom. The molecule has 0 unspecified atom stereocenters. The minimum atomic E-state index is 0.112. The Labute approximate surface area is 125 Å². The molecular formula is C19H20O2. The van der Waals surface area contributed by atoms with Gasteiger partial charge in [0.1, 0.15) is 5.75 Å². The topological polar surface area (TPSA) is 26.3 Å². The van der Waals surface area contributed by atoms with Crippen LogP contribution in [0.5, 0.6) is 5.75 Å². The largest absolute Gasteiger partial charge is 0.494 e. The highest BCUT2D eigenvalue weighted by Crippen LogP contribution is 2.38. The lowest BCUT2D eigenvalue weighted by atomic mass is 9.77. The molecule has 0 radical (unpaired) electrons. The number of hydrogen-bond donors (Lipinski definition) is 0. The normalized spacial score (nSPS) is 14.5. The summed E-state index contributed by atoms with van der Waals surface area (Å²) in [6, 6.07) is 15.5. The van der Waals surface area contributed by atoms with Gasteiger partial charge in [0.2, 0.25) is 0 Å². The summed E-state index contributed by atoms with van der Waals surface area (Å²) in [7, 11) is 0. The zero-order chi connectivity index (χ0) is 14.7. The molecule has 1 aliphatic rings. The Bertz CT molecular complexity index is 624. The lowest BCUT2D eigenvalue weighted by Gasteiger charge is -2.27. The number of hydrogen-bond acceptors (Lipinski definition) is 2. The van der Waals surface area contributed by atoms with Crippen molar-refractivity contribution >= 4 is 5.78 Å². The van der Waals surface area contributed by atoms with Crippen LogP contribution >= 0.6 is 0 Å². The van der Waals surface area contributed by atoms with Gasteiger partial charge in [-0.2, -0.15) is 0 Å². The van der Waals surface area contributed by atoms with E-state index in [0.717, 1.165) is 16.9 Å². The van der Waals surface area contributed by atoms with E-state index >= 15 is 0 Å². The Balaban J connectivity index is 1.87. The second-order valence-corrected chi connectivity index (χ2v) is 5.50. The maximum Gasteiger partial charge on any atom is 0.193 e. The van der Waals surface area contributed by atoms with E-state index < -0.39 is 0 Å². The van der Waals surface area contributed by atoms with E-state index in [4.69, 9.17) is 4.74 Å². The second kappa shape index (κ2) is 6.13. The van der Waals surface area contributed by atoms with Crippen molar-refractivity contribution in [1.82, 2.24) is 0 Å². The molecule has 0 amide bonds. The van der Waals surface area contributed by atoms with Crippen LogP contribution in [0.4, 0.5) is 0 Å². The molecule has 0 spiro atoms. The van der Waals surface area contributed by atoms with Gasteiger partial charge in [-0.05, 0) is 55.5 Å². The smallest absolute Gasteiger partial charge is 0.193 e. The van der Waals surface area contributed by atoms with Crippen molar-refractivity contribution in [2.75, 3.05) is 6.61 Å². The average Bonchev–Trinajstić information content (AvgIpc) is 2.47. The molecule has 0 bridgehead atoms. The number of rotatable bonds is 5. The van der Waals surface area contributed by atoms with Crippen LogP contribution in [-0.2, 0) is 0 Å². The first-order chi connectivity index (χ1) is 10.3. The molecule has 3 rings (SSSR count). The molecule has 2 heteroatoms. The van der Waals surface area contributed by atoms with Crippen molar-refractivity contribution in [2.45, 2.75) is 32.1 Å². The zero-order valence-corrected chi connectivity index (χ0v) is 12.3. The first-order valence-electron chi connectivity index (χ1n) is 7.66. The van der Waals surface area contributed by atoms with E-state index in [0.29, 0.717) is 12.5 Å². The van der Waals surface area contributed by atoms with Crippen LogP contribution in [0.15, 0.2) is 48.5 Å². The lowest BCUT2D eigenvalue weighted by Crippen LogP contribution is -2.14. The zero-order valence-electron chi connectivity index (χ0n) is 12.3. The van der Waals surface area contributed by atoms with Crippen LogP contribution in [0.3, 0.4) is 0 Å². The molecule has 0 N–H and O–H groups in total. The van der Waals surface area contributed by atoms with Gasteiger partial charge in [-0.1, -0.05) is 30.7 Å². The van der Waals surface area contributed by atoms with Crippen LogP contribution < -0.4 is 4.74 Å². The summed E-state index contributed by atoms with van der Waals surface area (Å²) in [5.74, 6) is 1.48. The molecule has 21 heavy (non-hydrogen) atoms. The van der Waals surface area contributed by atoms with Crippen LogP contribution in [-0.4, -0.2) is 12.4 Å². The van der Waals surface area contributed by atoms with Gasteiger partial charge >= 0.3 is 0 Å². The lowest BCUT2D eigenvalue weighted by molar-refractivity contribution is 0.103. The summed E-state index contributed by atoms with van der Waals surface area (Å²) in [5.41, 5.74) is 2.79. The first kappa shape index (κ1) is 13.9. The van der Waals surface area contributed by atoms with Crippen molar-refractivity contribution in [3.63, 3.8) is 0 Å². The minimum absolute atomic E-state index is 0.112. The highest BCUT2D eigenvalue weighted by atomic mass is 16.5. The molecule has 1 aliphatic carbocycles. The third-order valence-corrected chi connectivity index (χ3v) is 4.18. The molecule has 0 saturated heterocycles. The fourth-order valence-corrected chi connectivity index (χ4v) is 2.80. The molecule has 2 aromatic carbocycles. The van der Waals surface area contributed by atoms with Gasteiger partial charge in [0.05, 0.1) is 6.61 Å². The van der Waals surface area contributed by atoms with E-state index in [1.807, 2.05) is 49.4 Å². The molecule has 0 aliphatic heterocycles. The minimum Gasteiger partial charge on any atom is -0.494 e. The van der Waals surface area contributed by atoms with Gasteiger partial charge in [-0.3, -0.25) is 4.79 Å². The van der Waals surface area contributed by atoms with Gasteiger partial charge in [-0.25, -0.2) is 0 Å². The van der Waals surface area contributed by atoms with Crippen LogP contribution in [0.2, 0.25) is 0 Å². The summed E-state index contributed by atoms with van der Waals surface area (Å²) in [6.07, 6.45) is 3.68.